The first-order chi connectivity index (χ1) is 14.4. The molecule has 0 aliphatic heterocycles. The summed E-state index contributed by atoms with van der Waals surface area (Å²) < 4.78 is 5.05. The van der Waals surface area contributed by atoms with E-state index in [9.17, 15) is 19.2 Å². The Morgan fingerprint density at radius 3 is 2.07 bits per heavy atom. The molecule has 0 heterocycles. The predicted octanol–water partition coefficient (Wildman–Crippen LogP) is 0.965. The number of esters is 1. The molecule has 2 rings (SSSR count). The number of carboxylic acids is 1. The molecule has 0 radical (unpaired) electrons. The molecular formula is C21H22N2O7. The number of aliphatic carboxylic acids is 1. The molecule has 0 saturated carbocycles. The number of nitrogens with two attached hydrogens (primary N) is 1. The molecule has 2 aromatic carbocycles. The van der Waals surface area contributed by atoms with Gasteiger partial charge < -0.3 is 9.84 Å². The summed E-state index contributed by atoms with van der Waals surface area (Å²) in [5, 5.41) is 9.02. The Bertz CT molecular complexity index is 871. The van der Waals surface area contributed by atoms with Crippen molar-refractivity contribution in [2.75, 3.05) is 0 Å². The van der Waals surface area contributed by atoms with Crippen LogP contribution in [0.2, 0.25) is 0 Å². The number of carbonyl (C=O) groups is 4. The summed E-state index contributed by atoms with van der Waals surface area (Å²) in [6.45, 7) is -0.132. The zero-order valence-electron chi connectivity index (χ0n) is 16.0. The monoisotopic (exact) mass is 414 g/mol. The van der Waals surface area contributed by atoms with Gasteiger partial charge in [-0.1, -0.05) is 60.7 Å². The van der Waals surface area contributed by atoms with Crippen LogP contribution >= 0.6 is 0 Å². The van der Waals surface area contributed by atoms with Crippen LogP contribution in [0.1, 0.15) is 17.5 Å². The molecule has 9 nitrogen and oxygen atoms in total. The number of ether oxygens (including phenoxy) is 1. The van der Waals surface area contributed by atoms with Crippen molar-refractivity contribution in [3.8, 4) is 0 Å². The fraction of sp³-hybridized carbons (Fsp3) is 0.238. The number of amides is 1. The zero-order valence-corrected chi connectivity index (χ0v) is 16.0. The first kappa shape index (κ1) is 22.7. The molecule has 1 amide bonds. The fourth-order valence-electron chi connectivity index (χ4n) is 2.51. The highest BCUT2D eigenvalue weighted by Crippen LogP contribution is 2.12. The third-order valence-electron chi connectivity index (χ3n) is 4.02. The highest BCUT2D eigenvalue weighted by atomic mass is 16.7. The molecule has 0 bridgehead atoms. The summed E-state index contributed by atoms with van der Waals surface area (Å²) in [4.78, 5) is 52.5. The summed E-state index contributed by atoms with van der Waals surface area (Å²) in [5.74, 6) is -5.68. The van der Waals surface area contributed by atoms with Gasteiger partial charge in [0, 0.05) is 0 Å². The van der Waals surface area contributed by atoms with E-state index in [1.165, 1.54) is 0 Å². The molecule has 158 valence electrons. The van der Waals surface area contributed by atoms with Gasteiger partial charge in [0.25, 0.3) is 0 Å². The van der Waals surface area contributed by atoms with Crippen molar-refractivity contribution in [3.63, 3.8) is 0 Å². The summed E-state index contributed by atoms with van der Waals surface area (Å²) in [6, 6.07) is 17.5. The molecule has 30 heavy (non-hydrogen) atoms. The van der Waals surface area contributed by atoms with Gasteiger partial charge in [-0.25, -0.2) is 10.3 Å². The molecule has 2 unspecified atom stereocenters. The molecule has 0 saturated heterocycles. The van der Waals surface area contributed by atoms with Crippen LogP contribution in [0.5, 0.6) is 0 Å². The zero-order chi connectivity index (χ0) is 21.9. The van der Waals surface area contributed by atoms with E-state index in [2.05, 4.69) is 0 Å². The van der Waals surface area contributed by atoms with Crippen molar-refractivity contribution < 1.29 is 33.9 Å². The average molecular weight is 414 g/mol. The molecule has 4 N–H and O–H groups in total. The van der Waals surface area contributed by atoms with Gasteiger partial charge in [0.15, 0.2) is 12.0 Å². The molecular weight excluding hydrogens is 392 g/mol. The number of benzene rings is 2. The van der Waals surface area contributed by atoms with Gasteiger partial charge >= 0.3 is 11.9 Å². The first-order valence-corrected chi connectivity index (χ1v) is 9.07. The maximum Gasteiger partial charge on any atom is 0.317 e. The van der Waals surface area contributed by atoms with E-state index in [1.54, 1.807) is 60.7 Å². The van der Waals surface area contributed by atoms with E-state index in [0.717, 1.165) is 0 Å². The number of hydrogen-bond acceptors (Lipinski definition) is 7. The number of carbonyl (C=O) groups excluding carboxylic acids is 3. The van der Waals surface area contributed by atoms with E-state index in [0.29, 0.717) is 11.1 Å². The van der Waals surface area contributed by atoms with Gasteiger partial charge in [-0.15, -0.1) is 0 Å². The summed E-state index contributed by atoms with van der Waals surface area (Å²) in [6.07, 6.45) is -2.57. The quantitative estimate of drug-likeness (QED) is 0.213. The minimum atomic E-state index is -1.74. The second-order valence-corrected chi connectivity index (χ2v) is 6.37. The van der Waals surface area contributed by atoms with E-state index >= 15 is 0 Å². The van der Waals surface area contributed by atoms with Gasteiger partial charge in [0.05, 0.1) is 12.8 Å². The maximum absolute atomic E-state index is 12.4. The van der Waals surface area contributed by atoms with Gasteiger partial charge in [-0.3, -0.25) is 24.9 Å². The Kier molecular flexibility index (Phi) is 8.67. The van der Waals surface area contributed by atoms with Crippen molar-refractivity contribution >= 4 is 23.6 Å². The summed E-state index contributed by atoms with van der Waals surface area (Å²) in [7, 11) is 0. The van der Waals surface area contributed by atoms with Crippen molar-refractivity contribution in [1.29, 1.82) is 0 Å². The largest absolute Gasteiger partial charge is 0.481 e. The molecule has 9 heteroatoms. The Balaban J connectivity index is 1.91. The highest BCUT2D eigenvalue weighted by Gasteiger charge is 2.35. The first-order valence-electron chi connectivity index (χ1n) is 9.07. The summed E-state index contributed by atoms with van der Waals surface area (Å²) in [5.41, 5.74) is 9.01. The van der Waals surface area contributed by atoms with Crippen LogP contribution in [-0.2, 0) is 41.8 Å². The SMILES string of the molecule is NC(ONC(=O)Cc1ccccc1)C(=O)C(CC(=O)O)C(=O)OCc1ccccc1. The van der Waals surface area contributed by atoms with Crippen LogP contribution < -0.4 is 11.2 Å². The second kappa shape index (κ2) is 11.4. The van der Waals surface area contributed by atoms with Crippen molar-refractivity contribution in [3.05, 3.63) is 71.8 Å². The standard InChI is InChI=1S/C21H22N2O7/c22-20(30-23-17(24)11-14-7-3-1-4-8-14)19(27)16(12-18(25)26)21(28)29-13-15-9-5-2-6-10-15/h1-10,16,20H,11-13,22H2,(H,23,24)(H,25,26). The molecule has 0 aliphatic rings. The van der Waals surface area contributed by atoms with Gasteiger partial charge in [-0.2, -0.15) is 0 Å². The second-order valence-electron chi connectivity index (χ2n) is 6.37. The third-order valence-corrected chi connectivity index (χ3v) is 4.02. The number of ketones is 1. The lowest BCUT2D eigenvalue weighted by Crippen LogP contribution is -2.46. The normalized spacial score (nSPS) is 12.4. The number of nitrogens with one attached hydrogen (secondary N) is 1. The Morgan fingerprint density at radius 2 is 1.50 bits per heavy atom. The van der Waals surface area contributed by atoms with Crippen LogP contribution in [-0.4, -0.2) is 35.0 Å². The lowest BCUT2D eigenvalue weighted by molar-refractivity contribution is -0.163. The Labute approximate surface area is 172 Å². The fourth-order valence-corrected chi connectivity index (χ4v) is 2.51. The van der Waals surface area contributed by atoms with Crippen LogP contribution in [0, 0.1) is 5.92 Å². The third kappa shape index (κ3) is 7.46. The van der Waals surface area contributed by atoms with E-state index in [1.807, 2.05) is 5.48 Å². The van der Waals surface area contributed by atoms with Crippen molar-refractivity contribution in [2.45, 2.75) is 25.7 Å². The lowest BCUT2D eigenvalue weighted by atomic mass is 9.99. The Morgan fingerprint density at radius 1 is 0.933 bits per heavy atom. The van der Waals surface area contributed by atoms with Crippen LogP contribution in [0.3, 0.4) is 0 Å². The topological polar surface area (TPSA) is 145 Å². The van der Waals surface area contributed by atoms with Crippen molar-refractivity contribution in [1.82, 2.24) is 5.48 Å². The number of carboxylic acid groups (broad SMARTS) is 1. The summed E-state index contributed by atoms with van der Waals surface area (Å²) >= 11 is 0. The number of rotatable bonds is 11. The van der Waals surface area contributed by atoms with E-state index < -0.39 is 42.2 Å². The van der Waals surface area contributed by atoms with Crippen LogP contribution in [0.25, 0.3) is 0 Å². The lowest BCUT2D eigenvalue weighted by Gasteiger charge is -2.18. The smallest absolute Gasteiger partial charge is 0.317 e. The predicted molar refractivity (Wildman–Crippen MR) is 104 cm³/mol. The van der Waals surface area contributed by atoms with E-state index in [-0.39, 0.29) is 13.0 Å². The minimum Gasteiger partial charge on any atom is -0.481 e. The molecule has 0 aliphatic carbocycles. The minimum absolute atomic E-state index is 0.0145. The van der Waals surface area contributed by atoms with Crippen LogP contribution in [0.15, 0.2) is 60.7 Å². The molecule has 2 aromatic rings. The van der Waals surface area contributed by atoms with Gasteiger partial charge in [0.1, 0.15) is 12.5 Å². The van der Waals surface area contributed by atoms with Gasteiger partial charge in [0.2, 0.25) is 5.91 Å². The number of hydrogen-bond donors (Lipinski definition) is 3. The average Bonchev–Trinajstić information content (AvgIpc) is 2.75. The molecule has 2 atom stereocenters. The number of hydroxylamine groups is 1. The molecule has 0 aromatic heterocycles. The highest BCUT2D eigenvalue weighted by molar-refractivity contribution is 6.03. The van der Waals surface area contributed by atoms with Crippen LogP contribution in [0.4, 0.5) is 0 Å². The molecule has 0 spiro atoms. The van der Waals surface area contributed by atoms with Crippen molar-refractivity contribution in [2.24, 2.45) is 11.7 Å². The molecule has 0 fully saturated rings. The maximum atomic E-state index is 12.4. The number of Topliss-reactive ketones (excluding diaryl/α,β-unsaturated/α-hetero) is 1. The van der Waals surface area contributed by atoms with E-state index in [4.69, 9.17) is 20.4 Å². The van der Waals surface area contributed by atoms with Gasteiger partial charge in [-0.05, 0) is 11.1 Å². The Hall–Kier alpha value is -3.56.